The van der Waals surface area contributed by atoms with Crippen LogP contribution in [0, 0.1) is 5.92 Å². The van der Waals surface area contributed by atoms with Crippen molar-refractivity contribution in [2.75, 3.05) is 18.4 Å². The number of hydrogen-bond donors (Lipinski definition) is 2. The number of ether oxygens (including phenoxy) is 1. The molecule has 1 aromatic carbocycles. The molecule has 2 N–H and O–H groups in total. The molecule has 0 radical (unpaired) electrons. The van der Waals surface area contributed by atoms with E-state index in [2.05, 4.69) is 28.9 Å². The van der Waals surface area contributed by atoms with Gasteiger partial charge < -0.3 is 10.1 Å². The third-order valence-electron chi connectivity index (χ3n) is 3.34. The quantitative estimate of drug-likeness (QED) is 0.730. The molecular weight excluding hydrogens is 362 g/mol. The number of carbonyl (C=O) groups is 1. The van der Waals surface area contributed by atoms with Gasteiger partial charge in [-0.25, -0.2) is 13.4 Å². The highest BCUT2D eigenvalue weighted by molar-refractivity contribution is 7.93. The van der Waals surface area contributed by atoms with Gasteiger partial charge in [-0.1, -0.05) is 13.8 Å². The van der Waals surface area contributed by atoms with Crippen molar-refractivity contribution >= 4 is 32.4 Å². The molecule has 9 heteroatoms. The second-order valence-corrected chi connectivity index (χ2v) is 8.30. The van der Waals surface area contributed by atoms with Crippen molar-refractivity contribution in [3.63, 3.8) is 0 Å². The van der Waals surface area contributed by atoms with Crippen molar-refractivity contribution in [2.45, 2.75) is 25.2 Å². The maximum Gasteiger partial charge on any atom is 0.270 e. The van der Waals surface area contributed by atoms with Gasteiger partial charge in [0.2, 0.25) is 0 Å². The summed E-state index contributed by atoms with van der Waals surface area (Å²) in [6.07, 6.45) is 0.868. The van der Waals surface area contributed by atoms with Crippen LogP contribution in [0.3, 0.4) is 0 Å². The maximum absolute atomic E-state index is 12.3. The lowest BCUT2D eigenvalue weighted by molar-refractivity contribution is 0.0948. The topological polar surface area (TPSA) is 97.4 Å². The van der Waals surface area contributed by atoms with E-state index < -0.39 is 10.0 Å². The van der Waals surface area contributed by atoms with Gasteiger partial charge in [-0.3, -0.25) is 9.52 Å². The highest BCUT2D eigenvalue weighted by Gasteiger charge is 2.18. The molecule has 2 aromatic rings. The number of hydrogen-bond acceptors (Lipinski definition) is 6. The molecule has 7 nitrogen and oxygen atoms in total. The lowest BCUT2D eigenvalue weighted by Gasteiger charge is -2.06. The Morgan fingerprint density at radius 2 is 1.96 bits per heavy atom. The normalized spacial score (nSPS) is 11.4. The Morgan fingerprint density at radius 3 is 2.56 bits per heavy atom. The predicted octanol–water partition coefficient (Wildman–Crippen LogP) is 2.73. The largest absolute Gasteiger partial charge is 0.497 e. The van der Waals surface area contributed by atoms with Crippen molar-refractivity contribution in [3.8, 4) is 5.75 Å². The summed E-state index contributed by atoms with van der Waals surface area (Å²) in [6.45, 7) is 4.70. The summed E-state index contributed by atoms with van der Waals surface area (Å²) >= 11 is 1.06. The SMILES string of the molecule is COc1ccc(S(=O)(=O)Nc2nc(C(=O)NCCC(C)C)cs2)cc1. The summed E-state index contributed by atoms with van der Waals surface area (Å²) in [5, 5.41) is 4.43. The van der Waals surface area contributed by atoms with Gasteiger partial charge in [0.25, 0.3) is 15.9 Å². The zero-order valence-corrected chi connectivity index (χ0v) is 15.9. The van der Waals surface area contributed by atoms with E-state index in [1.807, 2.05) is 0 Å². The van der Waals surface area contributed by atoms with Crippen LogP contribution in [-0.4, -0.2) is 33.0 Å². The first kappa shape index (κ1) is 19.2. The fourth-order valence-corrected chi connectivity index (χ4v) is 3.86. The van der Waals surface area contributed by atoms with E-state index in [-0.39, 0.29) is 21.6 Å². The van der Waals surface area contributed by atoms with Crippen LogP contribution < -0.4 is 14.8 Å². The average Bonchev–Trinajstić information content (AvgIpc) is 3.02. The zero-order valence-electron chi connectivity index (χ0n) is 14.3. The van der Waals surface area contributed by atoms with Gasteiger partial charge in [0.05, 0.1) is 12.0 Å². The van der Waals surface area contributed by atoms with Crippen LogP contribution >= 0.6 is 11.3 Å². The van der Waals surface area contributed by atoms with Crippen molar-refractivity contribution in [1.82, 2.24) is 10.3 Å². The lowest BCUT2D eigenvalue weighted by Crippen LogP contribution is -2.25. The Bertz CT molecular complexity index is 814. The molecule has 0 unspecified atom stereocenters. The van der Waals surface area contributed by atoms with Gasteiger partial charge in [-0.15, -0.1) is 11.3 Å². The third kappa shape index (κ3) is 5.43. The second kappa shape index (κ2) is 8.30. The third-order valence-corrected chi connectivity index (χ3v) is 5.58. The molecule has 2 rings (SSSR count). The number of nitrogens with one attached hydrogen (secondary N) is 2. The zero-order chi connectivity index (χ0) is 18.4. The van der Waals surface area contributed by atoms with E-state index in [0.717, 1.165) is 17.8 Å². The van der Waals surface area contributed by atoms with Gasteiger partial charge in [-0.05, 0) is 36.6 Å². The first-order valence-corrected chi connectivity index (χ1v) is 10.1. The maximum atomic E-state index is 12.3. The lowest BCUT2D eigenvalue weighted by atomic mass is 10.1. The number of methoxy groups -OCH3 is 1. The van der Waals surface area contributed by atoms with E-state index >= 15 is 0 Å². The highest BCUT2D eigenvalue weighted by Crippen LogP contribution is 2.21. The molecule has 136 valence electrons. The molecule has 0 bridgehead atoms. The molecule has 0 spiro atoms. The first-order chi connectivity index (χ1) is 11.8. The minimum absolute atomic E-state index is 0.0893. The summed E-state index contributed by atoms with van der Waals surface area (Å²) < 4.78 is 32.1. The van der Waals surface area contributed by atoms with Gasteiger partial charge in [-0.2, -0.15) is 0 Å². The predicted molar refractivity (Wildman–Crippen MR) is 97.7 cm³/mol. The number of benzene rings is 1. The molecule has 1 aromatic heterocycles. The molecule has 1 amide bonds. The number of rotatable bonds is 8. The van der Waals surface area contributed by atoms with E-state index in [1.165, 1.54) is 24.6 Å². The minimum Gasteiger partial charge on any atom is -0.497 e. The molecular formula is C16H21N3O4S2. The van der Waals surface area contributed by atoms with Gasteiger partial charge in [0.15, 0.2) is 5.13 Å². The Morgan fingerprint density at radius 1 is 1.28 bits per heavy atom. The molecule has 0 aliphatic heterocycles. The van der Waals surface area contributed by atoms with Crippen LogP contribution in [0.15, 0.2) is 34.5 Å². The highest BCUT2D eigenvalue weighted by atomic mass is 32.2. The van der Waals surface area contributed by atoms with Gasteiger partial charge in [0.1, 0.15) is 11.4 Å². The van der Waals surface area contributed by atoms with Crippen LogP contribution in [0.25, 0.3) is 0 Å². The Kier molecular flexibility index (Phi) is 6.38. The molecule has 25 heavy (non-hydrogen) atoms. The number of carbonyl (C=O) groups excluding carboxylic acids is 1. The first-order valence-electron chi connectivity index (χ1n) is 7.72. The Hall–Kier alpha value is -2.13. The Labute approximate surface area is 151 Å². The van der Waals surface area contributed by atoms with E-state index in [9.17, 15) is 13.2 Å². The van der Waals surface area contributed by atoms with E-state index in [0.29, 0.717) is 18.2 Å². The number of sulfonamides is 1. The van der Waals surface area contributed by atoms with Crippen molar-refractivity contribution in [1.29, 1.82) is 0 Å². The summed E-state index contributed by atoms with van der Waals surface area (Å²) in [7, 11) is -2.26. The van der Waals surface area contributed by atoms with Gasteiger partial charge in [0, 0.05) is 11.9 Å². The molecule has 1 heterocycles. The van der Waals surface area contributed by atoms with E-state index in [4.69, 9.17) is 4.74 Å². The van der Waals surface area contributed by atoms with Crippen LogP contribution in [0.4, 0.5) is 5.13 Å². The average molecular weight is 383 g/mol. The van der Waals surface area contributed by atoms with Crippen molar-refractivity contribution < 1.29 is 17.9 Å². The molecule has 0 atom stereocenters. The number of thiazole rings is 1. The number of anilines is 1. The molecule has 0 fully saturated rings. The Balaban J connectivity index is 2.02. The summed E-state index contributed by atoms with van der Waals surface area (Å²) in [4.78, 5) is 16.1. The second-order valence-electron chi connectivity index (χ2n) is 5.76. The molecule has 0 aliphatic rings. The summed E-state index contributed by atoms with van der Waals surface area (Å²) in [6, 6.07) is 6.00. The van der Waals surface area contributed by atoms with Crippen LogP contribution in [0.5, 0.6) is 5.75 Å². The van der Waals surface area contributed by atoms with Crippen molar-refractivity contribution in [2.24, 2.45) is 5.92 Å². The van der Waals surface area contributed by atoms with Crippen LogP contribution in [0.1, 0.15) is 30.8 Å². The smallest absolute Gasteiger partial charge is 0.270 e. The fourth-order valence-electron chi connectivity index (χ4n) is 1.92. The molecule has 0 saturated carbocycles. The van der Waals surface area contributed by atoms with Gasteiger partial charge >= 0.3 is 0 Å². The summed E-state index contributed by atoms with van der Waals surface area (Å²) in [5.74, 6) is 0.739. The number of nitrogens with zero attached hydrogens (tertiary/aromatic N) is 1. The minimum atomic E-state index is -3.77. The van der Waals surface area contributed by atoms with Crippen LogP contribution in [0.2, 0.25) is 0 Å². The fraction of sp³-hybridized carbons (Fsp3) is 0.375. The molecule has 0 aliphatic carbocycles. The summed E-state index contributed by atoms with van der Waals surface area (Å²) in [5.41, 5.74) is 0.196. The number of aromatic nitrogens is 1. The standard InChI is InChI=1S/C16H21N3O4S2/c1-11(2)8-9-17-15(20)14-10-24-16(18-14)19-25(21,22)13-6-4-12(23-3)5-7-13/h4-7,10-11H,8-9H2,1-3H3,(H,17,20)(H,18,19). The number of amides is 1. The monoisotopic (exact) mass is 383 g/mol. The van der Waals surface area contributed by atoms with Crippen molar-refractivity contribution in [3.05, 3.63) is 35.3 Å². The van der Waals surface area contributed by atoms with E-state index in [1.54, 1.807) is 12.1 Å². The molecule has 0 saturated heterocycles. The van der Waals surface area contributed by atoms with Crippen LogP contribution in [-0.2, 0) is 10.0 Å².